The minimum atomic E-state index is -2.73. The van der Waals surface area contributed by atoms with Gasteiger partial charge in [0.1, 0.15) is 39.6 Å². The number of anilines is 1. The third kappa shape index (κ3) is 80.2. The smallest absolute Gasteiger partial charge is 0.411 e. The average Bonchev–Trinajstić information content (AvgIpc) is 1.27. The van der Waals surface area contributed by atoms with Gasteiger partial charge in [0.05, 0.1) is 53.5 Å². The van der Waals surface area contributed by atoms with Crippen LogP contribution in [-0.2, 0) is 122 Å². The zero-order chi connectivity index (χ0) is 106. The molecule has 4 atom stereocenters. The molecule has 5 amide bonds. The number of allylic oxidation sites excluding steroid dienone is 2. The number of hydrogen-bond donors (Lipinski definition) is 6. The van der Waals surface area contributed by atoms with E-state index in [1.165, 1.54) is 31.0 Å². The van der Waals surface area contributed by atoms with E-state index >= 15 is 0 Å². The van der Waals surface area contributed by atoms with Crippen LogP contribution < -0.4 is 32.3 Å². The van der Waals surface area contributed by atoms with E-state index in [2.05, 4.69) is 134 Å². The first-order valence-corrected chi connectivity index (χ1v) is 50.2. The Labute approximate surface area is 901 Å². The fraction of sp³-hybridized carbons (Fsp3) is 0.723. The largest absolute Gasteiger partial charge is 0.466 e. The van der Waals surface area contributed by atoms with Crippen molar-refractivity contribution in [3.05, 3.63) is 57.7 Å². The molecule has 3 aromatic heterocycles. The van der Waals surface area contributed by atoms with Gasteiger partial charge in [-0.2, -0.15) is 51.7 Å². The Hall–Kier alpha value is -4.64. The van der Waals surface area contributed by atoms with Gasteiger partial charge in [-0.1, -0.05) is 36.2 Å². The number of hydrogen-bond acceptors (Lipinski definition) is 27. The van der Waals surface area contributed by atoms with E-state index in [9.17, 15) is 91.0 Å². The number of esters is 1. The maximum atomic E-state index is 13.6. The van der Waals surface area contributed by atoms with Crippen LogP contribution in [0.5, 0.6) is 0 Å². The second-order valence-corrected chi connectivity index (χ2v) is 50.7. The first-order valence-electron chi connectivity index (χ1n) is 41.3. The third-order valence-electron chi connectivity index (χ3n) is 17.5. The maximum Gasteiger partial charge on any atom is 0.411 e. The van der Waals surface area contributed by atoms with Crippen molar-refractivity contribution in [2.24, 2.45) is 17.8 Å². The second-order valence-electron chi connectivity index (χ2n) is 35.7. The Morgan fingerprint density at radius 3 is 1.25 bits per heavy atom. The van der Waals surface area contributed by atoms with E-state index in [1.54, 1.807) is 164 Å². The SMILES string of the molecule is C.CC(C)(C)OC(=O)NC(C(=O)C=S(C)(C)=O)C1CCC(F)(F)CC1.CC(C)(C)OC(=O)N[C@H](c1cn2ncc(Cl)cc2n1)C1CCC(F)(F)CC1.CC(NC(=O)OC(C)(C)C)=C1CCC(F)(F)CC1.CC(NC(=O)OC(C)(C)C)C1CCC(F)(F)CC1.COC.COC(=O)C(NC(=O)OC(C)(C)C)OP=O.IB(I)I.Nc1cc(Cl)cnn1.O=C1CCC(F)(F)CC1.O=C=O.O=C=O.[B].[B]I.[V].[V]. The molecule has 5 saturated carbocycles. The van der Waals surface area contributed by atoms with Crippen LogP contribution in [0, 0.1) is 17.8 Å². The number of nitrogens with one attached hydrogen (secondary N) is 5. The number of Topliss-reactive ketones (excluding diaryl/α,β-unsaturated/α-hetero) is 2. The molecule has 7 N–H and O–H groups in total. The number of nitrogen functional groups attached to an aromatic ring is 1. The van der Waals surface area contributed by atoms with Gasteiger partial charge in [-0.25, -0.2) is 86.7 Å². The molecule has 3 aromatic rings. The molecule has 139 heavy (non-hydrogen) atoms. The molecule has 33 nitrogen and oxygen atoms in total. The fourth-order valence-corrected chi connectivity index (χ4v) is 13.1. The van der Waals surface area contributed by atoms with Crippen molar-refractivity contribution in [3.63, 3.8) is 0 Å². The Morgan fingerprint density at radius 1 is 0.583 bits per heavy atom. The molecule has 8 rings (SSSR count). The van der Waals surface area contributed by atoms with Crippen LogP contribution in [0.2, 0.25) is 10.0 Å². The quantitative estimate of drug-likeness (QED) is 0.0128. The summed E-state index contributed by atoms with van der Waals surface area (Å²) in [6.45, 7) is 29.6. The summed E-state index contributed by atoms with van der Waals surface area (Å²) in [4.78, 5) is 130. The van der Waals surface area contributed by atoms with Crippen LogP contribution in [0.15, 0.2) is 42.0 Å². The second kappa shape index (κ2) is 72.6. The molecule has 791 valence electrons. The number of alkyl carbamates (subject to hydrolysis) is 5. The molecule has 0 spiro atoms. The zero-order valence-electron chi connectivity index (χ0n) is 81.0. The van der Waals surface area contributed by atoms with E-state index in [4.69, 9.17) is 71.8 Å². The Balaban J connectivity index is -0.000000238. The van der Waals surface area contributed by atoms with E-state index in [0.717, 1.165) is 18.3 Å². The number of fused-ring (bicyclic) bond motifs is 1. The number of methoxy groups -OCH3 is 2. The first kappa shape index (κ1) is 150. The molecule has 0 saturated heterocycles. The van der Waals surface area contributed by atoms with Crippen LogP contribution in [0.4, 0.5) is 73.7 Å². The van der Waals surface area contributed by atoms with E-state index in [-0.39, 0.29) is 192 Å². The summed E-state index contributed by atoms with van der Waals surface area (Å²) < 4.78 is 193. The Morgan fingerprint density at radius 2 is 0.914 bits per heavy atom. The standard InChI is InChI=1S/C18H23ClF2N4O2.C16H27F2NO4S.C13H23F2NO2.C13H21F2NO2.C8H14NO6P.C6H8F2O.C4H4ClN3.C2H6O.2CO2.CH4.BI3.BI.B.2V/c1-17(2,3)27-16(26)24-15(11-4-6-18(20,21)7-5-11)13-10-25-14(23-13)8-12(19)9-22-25;1-15(2,3)23-14(21)19-13(12(20)10-24(4,5)22)11-6-8-16(17,18)9-7-11;2*1-9(16-11(17)18-12(2,3)4)10-5-7-13(14,15)8-6-10;1-8(2,3)14-7(11)9-5(15-16-12)6(10)13-4;7-6(8)3-1-5(9)2-4-6;5-3-1-4(6)8-7-2-3;1-3-2;2*2-1-3;;2-1(3)4;1-2;;;/h8-11,15H,4-7H2,1-3H3,(H,24,26);10-11,13H,6-9H2,1-5H3,(H,19,21);9-10H,5-8H2,1-4H3,(H,16,17);5-8H2,1-4H3,(H,16,17);5H,1-4H3,(H,9,11);1-4H2;1-2H,(H2,6,8);1-2H3;;;1H4;;;;;/t15-;;;;;;;;;;;;;;;/m0.............../s1. The Kier molecular flexibility index (Phi) is 78.2. The number of amides is 5. The summed E-state index contributed by atoms with van der Waals surface area (Å²) in [5.41, 5.74) is 9.04. The molecule has 5 aliphatic rings. The number of nitrogens with two attached hydrogens (primary N) is 1. The minimum absolute atomic E-state index is 0. The summed E-state index contributed by atoms with van der Waals surface area (Å²) in [6, 6.07) is 1.51. The molecule has 7 radical (unpaired) electrons. The Bertz CT molecular complexity index is 4320. The van der Waals surface area contributed by atoms with Gasteiger partial charge in [0.25, 0.3) is 0 Å². The van der Waals surface area contributed by atoms with Gasteiger partial charge in [-0.05, 0) is 196 Å². The van der Waals surface area contributed by atoms with E-state index in [1.807, 2.05) is 6.92 Å². The number of alkyl halides is 10. The molecule has 5 fully saturated rings. The number of ether oxygens (including phenoxy) is 7. The summed E-state index contributed by atoms with van der Waals surface area (Å²) >= 11 is 20.0. The molecule has 3 heterocycles. The van der Waals surface area contributed by atoms with Crippen LogP contribution in [0.3, 0.4) is 0 Å². The number of nitrogens with zero attached hydrogens (tertiary/aromatic N) is 5. The summed E-state index contributed by atoms with van der Waals surface area (Å²) in [5.74, 6) is -14.6. The van der Waals surface area contributed by atoms with Crippen LogP contribution in [0.1, 0.15) is 265 Å². The van der Waals surface area contributed by atoms with Gasteiger partial charge in [0.2, 0.25) is 35.8 Å². The molecular formula is C83H130B3Cl2F10I4N11O22PSV2. The van der Waals surface area contributed by atoms with Gasteiger partial charge < -0.3 is 54.8 Å². The number of halogens is 16. The number of carbonyl (C=O) groups is 8. The fourth-order valence-electron chi connectivity index (χ4n) is 11.8. The topological polar surface area (TPSA) is 455 Å². The molecule has 0 aliphatic heterocycles. The van der Waals surface area contributed by atoms with Crippen molar-refractivity contribution in [3.8, 4) is 0 Å². The summed E-state index contributed by atoms with van der Waals surface area (Å²) in [6.07, 6.45) is 3.63. The normalized spacial score (nSPS) is 16.8. The molecule has 56 heteroatoms. The molecule has 5 aliphatic carbocycles. The monoisotopic (exact) mass is 2600 g/mol. The molecule has 3 unspecified atom stereocenters. The average molecular weight is 2600 g/mol. The maximum absolute atomic E-state index is 13.6. The van der Waals surface area contributed by atoms with Gasteiger partial charge in [-0.3, -0.25) is 29.0 Å². The van der Waals surface area contributed by atoms with Gasteiger partial charge >= 0.3 is 57.7 Å². The van der Waals surface area contributed by atoms with Crippen LogP contribution in [0.25, 0.3) is 5.65 Å². The number of carbonyl (C=O) groups excluding carboxylic acids is 12. The predicted molar refractivity (Wildman–Crippen MR) is 536 cm³/mol. The van der Waals surface area contributed by atoms with Crippen molar-refractivity contribution in [1.29, 1.82) is 0 Å². The molecule has 0 aromatic carbocycles. The van der Waals surface area contributed by atoms with Crippen molar-refractivity contribution in [2.75, 3.05) is 39.6 Å². The van der Waals surface area contributed by atoms with Crippen molar-refractivity contribution >= 4 is 222 Å². The third-order valence-corrected chi connectivity index (χ3v) is 19.1. The van der Waals surface area contributed by atoms with Crippen molar-refractivity contribution < 1.29 is 185 Å². The first-order chi connectivity index (χ1) is 61.5. The van der Waals surface area contributed by atoms with E-state index in [0.29, 0.717) is 58.6 Å². The molecular weight excluding hydrogens is 2470 g/mol. The predicted octanol–water partition coefficient (Wildman–Crippen LogP) is 21.0. The van der Waals surface area contributed by atoms with Gasteiger partial charge in [0, 0.05) is 179 Å². The summed E-state index contributed by atoms with van der Waals surface area (Å²) in [7, 11) is 1.14. The van der Waals surface area contributed by atoms with E-state index < -0.39 is 142 Å². The number of ketones is 2. The van der Waals surface area contributed by atoms with Gasteiger partial charge in [0.15, 0.2) is 17.1 Å². The zero-order valence-corrected chi connectivity index (χ0v) is 95.6. The number of rotatable bonds is 14. The number of imidazole rings is 1. The summed E-state index contributed by atoms with van der Waals surface area (Å²) in [5, 5.41) is 25.8. The van der Waals surface area contributed by atoms with Crippen LogP contribution >= 0.6 is 121 Å². The van der Waals surface area contributed by atoms with Crippen molar-refractivity contribution in [1.82, 2.24) is 51.4 Å². The van der Waals surface area contributed by atoms with Crippen molar-refractivity contribution in [2.45, 2.75) is 336 Å². The van der Waals surface area contributed by atoms with Crippen LogP contribution in [-0.4, -0.2) is 219 Å². The molecule has 0 bridgehead atoms. The number of aromatic nitrogens is 5. The minimum Gasteiger partial charge on any atom is -0.466 e. The van der Waals surface area contributed by atoms with Gasteiger partial charge in [-0.15, -0.1) is 72.2 Å².